The van der Waals surface area contributed by atoms with Crippen molar-refractivity contribution >= 4 is 12.7 Å². The minimum Gasteiger partial charge on any atom is -0.502 e. The van der Waals surface area contributed by atoms with Crippen LogP contribution in [0.2, 0.25) is 0 Å². The summed E-state index contributed by atoms with van der Waals surface area (Å²) in [6.45, 7) is 3.40. The van der Waals surface area contributed by atoms with Crippen LogP contribution in [0.15, 0.2) is 27.2 Å². The molecule has 4 nitrogen and oxygen atoms in total. The lowest BCUT2D eigenvalue weighted by molar-refractivity contribution is 0.403. The molecule has 0 aromatic carbocycles. The van der Waals surface area contributed by atoms with E-state index in [2.05, 4.69) is 6.58 Å². The standard InChI is InChI=1S/C10H8O4/c1-6-9(11)10(12)8(14-6)5-7-3-2-4-13-7/h2-5,11-12H,1H2. The van der Waals surface area contributed by atoms with E-state index in [1.807, 2.05) is 0 Å². The second kappa shape index (κ2) is 2.99. The second-order valence-corrected chi connectivity index (χ2v) is 2.75. The Morgan fingerprint density at radius 1 is 1.29 bits per heavy atom. The van der Waals surface area contributed by atoms with Gasteiger partial charge in [0.15, 0.2) is 10.8 Å². The highest BCUT2D eigenvalue weighted by molar-refractivity contribution is 5.47. The van der Waals surface area contributed by atoms with Gasteiger partial charge in [-0.2, -0.15) is 0 Å². The van der Waals surface area contributed by atoms with E-state index >= 15 is 0 Å². The van der Waals surface area contributed by atoms with Crippen molar-refractivity contribution in [1.29, 1.82) is 0 Å². The van der Waals surface area contributed by atoms with Crippen LogP contribution in [-0.2, 0) is 0 Å². The highest BCUT2D eigenvalue weighted by Gasteiger charge is 2.07. The van der Waals surface area contributed by atoms with Crippen LogP contribution in [0.3, 0.4) is 0 Å². The van der Waals surface area contributed by atoms with Crippen molar-refractivity contribution in [1.82, 2.24) is 0 Å². The second-order valence-electron chi connectivity index (χ2n) is 2.75. The molecule has 2 rings (SSSR count). The van der Waals surface area contributed by atoms with E-state index in [-0.39, 0.29) is 22.3 Å². The molecule has 0 fully saturated rings. The Hall–Kier alpha value is -2.10. The van der Waals surface area contributed by atoms with E-state index in [1.165, 1.54) is 12.3 Å². The van der Waals surface area contributed by atoms with Crippen LogP contribution in [0.5, 0.6) is 11.5 Å². The molecule has 14 heavy (non-hydrogen) atoms. The number of hydrogen-bond acceptors (Lipinski definition) is 4. The number of hydrogen-bond donors (Lipinski definition) is 2. The third-order valence-corrected chi connectivity index (χ3v) is 1.77. The number of rotatable bonds is 1. The predicted molar refractivity (Wildman–Crippen MR) is 49.1 cm³/mol. The Balaban J connectivity index is 2.63. The Kier molecular flexibility index (Phi) is 1.81. The summed E-state index contributed by atoms with van der Waals surface area (Å²) in [4.78, 5) is 0. The first-order valence-electron chi connectivity index (χ1n) is 3.93. The quantitative estimate of drug-likeness (QED) is 0.691. The number of furan rings is 2. The summed E-state index contributed by atoms with van der Waals surface area (Å²) in [6, 6.07) is 3.40. The summed E-state index contributed by atoms with van der Waals surface area (Å²) < 4.78 is 10.0. The van der Waals surface area contributed by atoms with Crippen LogP contribution in [0.25, 0.3) is 12.7 Å². The molecule has 0 bridgehead atoms. The smallest absolute Gasteiger partial charge is 0.205 e. The van der Waals surface area contributed by atoms with Gasteiger partial charge in [-0.25, -0.2) is 0 Å². The van der Waals surface area contributed by atoms with Gasteiger partial charge in [-0.3, -0.25) is 0 Å². The zero-order chi connectivity index (χ0) is 10.1. The average Bonchev–Trinajstić information content (AvgIpc) is 2.73. The van der Waals surface area contributed by atoms with E-state index in [0.29, 0.717) is 5.76 Å². The average molecular weight is 192 g/mol. The van der Waals surface area contributed by atoms with Gasteiger partial charge in [0.05, 0.1) is 6.26 Å². The van der Waals surface area contributed by atoms with Crippen molar-refractivity contribution in [3.8, 4) is 11.5 Å². The van der Waals surface area contributed by atoms with E-state index in [0.717, 1.165) is 0 Å². The van der Waals surface area contributed by atoms with Crippen LogP contribution < -0.4 is 10.8 Å². The predicted octanol–water partition coefficient (Wildman–Crippen LogP) is 0.523. The molecule has 0 amide bonds. The molecule has 2 aromatic rings. The SMILES string of the molecule is C=c1oc(=Cc2ccco2)c(O)c1O. The fourth-order valence-corrected chi connectivity index (χ4v) is 1.08. The van der Waals surface area contributed by atoms with Crippen molar-refractivity contribution in [2.75, 3.05) is 0 Å². The van der Waals surface area contributed by atoms with Crippen molar-refractivity contribution in [2.45, 2.75) is 0 Å². The topological polar surface area (TPSA) is 66.7 Å². The van der Waals surface area contributed by atoms with E-state index in [1.54, 1.807) is 12.1 Å². The van der Waals surface area contributed by atoms with Crippen molar-refractivity contribution in [2.24, 2.45) is 0 Å². The monoisotopic (exact) mass is 192 g/mol. The third kappa shape index (κ3) is 1.26. The molecule has 0 aliphatic heterocycles. The maximum atomic E-state index is 9.36. The lowest BCUT2D eigenvalue weighted by Crippen LogP contribution is -1.97. The lowest BCUT2D eigenvalue weighted by atomic mass is 10.4. The molecule has 0 aliphatic rings. The maximum Gasteiger partial charge on any atom is 0.205 e. The van der Waals surface area contributed by atoms with Crippen LogP contribution >= 0.6 is 0 Å². The van der Waals surface area contributed by atoms with Gasteiger partial charge in [0.2, 0.25) is 11.5 Å². The first-order valence-corrected chi connectivity index (χ1v) is 3.93. The van der Waals surface area contributed by atoms with Crippen molar-refractivity contribution < 1.29 is 19.0 Å². The molecular weight excluding hydrogens is 184 g/mol. The van der Waals surface area contributed by atoms with Crippen LogP contribution in [0, 0.1) is 0 Å². The fourth-order valence-electron chi connectivity index (χ4n) is 1.08. The lowest BCUT2D eigenvalue weighted by Gasteiger charge is -1.83. The molecule has 0 unspecified atom stereocenters. The van der Waals surface area contributed by atoms with Gasteiger partial charge in [-0.1, -0.05) is 6.58 Å². The minimum absolute atomic E-state index is 0.0281. The molecule has 0 saturated heterocycles. The molecule has 2 heterocycles. The zero-order valence-corrected chi connectivity index (χ0v) is 7.23. The first-order chi connectivity index (χ1) is 6.68. The van der Waals surface area contributed by atoms with Gasteiger partial charge in [-0.15, -0.1) is 0 Å². The highest BCUT2D eigenvalue weighted by Crippen LogP contribution is 2.14. The Labute approximate surface area is 79.0 Å². The molecule has 2 N–H and O–H groups in total. The Bertz CT molecular complexity index is 533. The van der Waals surface area contributed by atoms with Crippen LogP contribution in [0.4, 0.5) is 0 Å². The largest absolute Gasteiger partial charge is 0.502 e. The van der Waals surface area contributed by atoms with Gasteiger partial charge in [0.25, 0.3) is 0 Å². The number of aromatic hydroxyl groups is 2. The molecule has 0 atom stereocenters. The van der Waals surface area contributed by atoms with Gasteiger partial charge >= 0.3 is 0 Å². The molecule has 72 valence electrons. The molecule has 4 heteroatoms. The zero-order valence-electron chi connectivity index (χ0n) is 7.23. The summed E-state index contributed by atoms with van der Waals surface area (Å²) in [7, 11) is 0. The van der Waals surface area contributed by atoms with Crippen LogP contribution in [-0.4, -0.2) is 10.2 Å². The summed E-state index contributed by atoms with van der Waals surface area (Å²) >= 11 is 0. The van der Waals surface area contributed by atoms with Gasteiger partial charge < -0.3 is 19.0 Å². The normalized spacial score (nSPS) is 12.1. The Morgan fingerprint density at radius 3 is 2.57 bits per heavy atom. The minimum atomic E-state index is -0.345. The highest BCUT2D eigenvalue weighted by atomic mass is 16.4. The van der Waals surface area contributed by atoms with Crippen LogP contribution in [0.1, 0.15) is 5.76 Å². The van der Waals surface area contributed by atoms with Crippen molar-refractivity contribution in [3.63, 3.8) is 0 Å². The first kappa shape index (κ1) is 8.50. The summed E-state index contributed by atoms with van der Waals surface area (Å²) in [5, 5.41) is 18.6. The van der Waals surface area contributed by atoms with E-state index in [4.69, 9.17) is 8.83 Å². The van der Waals surface area contributed by atoms with E-state index < -0.39 is 0 Å². The van der Waals surface area contributed by atoms with Crippen molar-refractivity contribution in [3.05, 3.63) is 35.0 Å². The summed E-state index contributed by atoms with van der Waals surface area (Å²) in [6.07, 6.45) is 2.96. The molecule has 2 aromatic heterocycles. The van der Waals surface area contributed by atoms with Gasteiger partial charge in [-0.05, 0) is 12.1 Å². The summed E-state index contributed by atoms with van der Waals surface area (Å²) in [5.74, 6) is -0.150. The molecule has 0 spiro atoms. The van der Waals surface area contributed by atoms with Gasteiger partial charge in [0, 0.05) is 6.08 Å². The van der Waals surface area contributed by atoms with E-state index in [9.17, 15) is 10.2 Å². The Morgan fingerprint density at radius 2 is 2.07 bits per heavy atom. The molecular formula is C10H8O4. The molecule has 0 saturated carbocycles. The molecule has 0 aliphatic carbocycles. The summed E-state index contributed by atoms with van der Waals surface area (Å²) in [5.41, 5.74) is 0.155. The maximum absolute atomic E-state index is 9.36. The van der Waals surface area contributed by atoms with Gasteiger partial charge in [0.1, 0.15) is 5.76 Å². The fraction of sp³-hybridized carbons (Fsp3) is 0. The molecule has 0 radical (unpaired) electrons. The third-order valence-electron chi connectivity index (χ3n) is 1.77.